The van der Waals surface area contributed by atoms with Crippen LogP contribution in [0.3, 0.4) is 0 Å². The number of hydrogen-bond donors (Lipinski definition) is 1. The van der Waals surface area contributed by atoms with Gasteiger partial charge in [-0.3, -0.25) is 4.90 Å². The van der Waals surface area contributed by atoms with Crippen molar-refractivity contribution in [1.29, 1.82) is 0 Å². The van der Waals surface area contributed by atoms with Crippen molar-refractivity contribution < 1.29 is 5.11 Å². The first kappa shape index (κ1) is 11.7. The third-order valence-electron chi connectivity index (χ3n) is 3.25. The van der Waals surface area contributed by atoms with Crippen LogP contribution < -0.4 is 0 Å². The Morgan fingerprint density at radius 2 is 2.00 bits per heavy atom. The van der Waals surface area contributed by atoms with Crippen LogP contribution in [0.1, 0.15) is 32.6 Å². The van der Waals surface area contributed by atoms with Crippen LogP contribution in [-0.2, 0) is 0 Å². The van der Waals surface area contributed by atoms with Gasteiger partial charge < -0.3 is 5.11 Å². The first-order valence-corrected chi connectivity index (χ1v) is 5.73. The molecule has 0 radical (unpaired) electrons. The van der Waals surface area contributed by atoms with E-state index in [0.29, 0.717) is 6.04 Å². The Kier molecular flexibility index (Phi) is 5.20. The zero-order valence-corrected chi connectivity index (χ0v) is 9.28. The Morgan fingerprint density at radius 3 is 2.50 bits per heavy atom. The van der Waals surface area contributed by atoms with Gasteiger partial charge in [0.2, 0.25) is 0 Å². The summed E-state index contributed by atoms with van der Waals surface area (Å²) in [4.78, 5) is 2.36. The second kappa shape index (κ2) is 6.20. The summed E-state index contributed by atoms with van der Waals surface area (Å²) in [7, 11) is 0. The van der Waals surface area contributed by atoms with E-state index in [1.807, 2.05) is 6.08 Å². The van der Waals surface area contributed by atoms with E-state index in [2.05, 4.69) is 18.4 Å². The Balaban J connectivity index is 2.38. The number of aliphatic hydroxyl groups excluding tert-OH is 1. The first-order chi connectivity index (χ1) is 6.77. The molecule has 2 nitrogen and oxygen atoms in total. The second-order valence-corrected chi connectivity index (χ2v) is 4.42. The molecule has 1 rings (SSSR count). The summed E-state index contributed by atoms with van der Waals surface area (Å²) in [5, 5.41) is 8.97. The van der Waals surface area contributed by atoms with Crippen molar-refractivity contribution in [2.45, 2.75) is 38.6 Å². The van der Waals surface area contributed by atoms with Gasteiger partial charge in [0.15, 0.2) is 0 Å². The summed E-state index contributed by atoms with van der Waals surface area (Å²) < 4.78 is 0. The summed E-state index contributed by atoms with van der Waals surface area (Å²) in [6.07, 6.45) is 7.19. The molecule has 0 saturated heterocycles. The van der Waals surface area contributed by atoms with Crippen LogP contribution in [0.5, 0.6) is 0 Å². The maximum absolute atomic E-state index is 8.97. The quantitative estimate of drug-likeness (QED) is 0.682. The van der Waals surface area contributed by atoms with E-state index in [1.165, 1.54) is 25.7 Å². The molecular formula is C12H23NO. The van der Waals surface area contributed by atoms with Crippen LogP contribution in [0.25, 0.3) is 0 Å². The fourth-order valence-electron chi connectivity index (χ4n) is 2.32. The van der Waals surface area contributed by atoms with Gasteiger partial charge >= 0.3 is 0 Å². The van der Waals surface area contributed by atoms with Crippen LogP contribution in [0, 0.1) is 5.92 Å². The van der Waals surface area contributed by atoms with Crippen LogP contribution in [0.2, 0.25) is 0 Å². The molecule has 0 aliphatic heterocycles. The highest BCUT2D eigenvalue weighted by Gasteiger charge is 2.22. The van der Waals surface area contributed by atoms with Crippen molar-refractivity contribution in [2.75, 3.05) is 19.7 Å². The molecule has 0 aromatic carbocycles. The largest absolute Gasteiger partial charge is 0.395 e. The highest BCUT2D eigenvalue weighted by Crippen LogP contribution is 2.26. The van der Waals surface area contributed by atoms with Gasteiger partial charge in [-0.1, -0.05) is 13.0 Å². The lowest BCUT2D eigenvalue weighted by Gasteiger charge is -2.35. The van der Waals surface area contributed by atoms with Gasteiger partial charge in [-0.15, -0.1) is 6.58 Å². The van der Waals surface area contributed by atoms with Gasteiger partial charge in [0.05, 0.1) is 6.61 Å². The fourth-order valence-corrected chi connectivity index (χ4v) is 2.32. The summed E-state index contributed by atoms with van der Waals surface area (Å²) >= 11 is 0. The lowest BCUT2D eigenvalue weighted by molar-refractivity contribution is 0.125. The van der Waals surface area contributed by atoms with Crippen LogP contribution in [-0.4, -0.2) is 35.7 Å². The molecule has 1 aliphatic carbocycles. The Hall–Kier alpha value is -0.340. The minimum absolute atomic E-state index is 0.264. The summed E-state index contributed by atoms with van der Waals surface area (Å²) in [5.74, 6) is 0.894. The molecule has 0 heterocycles. The number of aliphatic hydroxyl groups is 1. The molecule has 0 spiro atoms. The van der Waals surface area contributed by atoms with Crippen molar-refractivity contribution in [3.8, 4) is 0 Å². The van der Waals surface area contributed by atoms with E-state index in [9.17, 15) is 0 Å². The average Bonchev–Trinajstić information content (AvgIpc) is 2.19. The van der Waals surface area contributed by atoms with Gasteiger partial charge in [0, 0.05) is 19.1 Å². The summed E-state index contributed by atoms with van der Waals surface area (Å²) in [5.41, 5.74) is 0. The molecule has 0 amide bonds. The SMILES string of the molecule is C=CCN(CCO)C1CCC(C)CC1. The van der Waals surface area contributed by atoms with Crippen LogP contribution in [0.15, 0.2) is 12.7 Å². The predicted molar refractivity (Wildman–Crippen MR) is 60.3 cm³/mol. The topological polar surface area (TPSA) is 23.5 Å². The third-order valence-corrected chi connectivity index (χ3v) is 3.25. The molecule has 1 saturated carbocycles. The minimum Gasteiger partial charge on any atom is -0.395 e. The number of hydrogen-bond acceptors (Lipinski definition) is 2. The molecular weight excluding hydrogens is 174 g/mol. The van der Waals surface area contributed by atoms with E-state index >= 15 is 0 Å². The smallest absolute Gasteiger partial charge is 0.0558 e. The number of nitrogens with zero attached hydrogens (tertiary/aromatic N) is 1. The molecule has 1 fully saturated rings. The minimum atomic E-state index is 0.264. The van der Waals surface area contributed by atoms with Gasteiger partial charge in [0.25, 0.3) is 0 Å². The predicted octanol–water partition coefficient (Wildman–Crippen LogP) is 2.05. The molecule has 1 N–H and O–H groups in total. The van der Waals surface area contributed by atoms with E-state index in [1.54, 1.807) is 0 Å². The molecule has 0 aromatic heterocycles. The molecule has 0 aromatic rings. The molecule has 14 heavy (non-hydrogen) atoms. The maximum atomic E-state index is 8.97. The van der Waals surface area contributed by atoms with Gasteiger partial charge in [-0.2, -0.15) is 0 Å². The Labute approximate surface area is 87.6 Å². The van der Waals surface area contributed by atoms with Gasteiger partial charge in [0.1, 0.15) is 0 Å². The van der Waals surface area contributed by atoms with Gasteiger partial charge in [-0.05, 0) is 31.6 Å². The highest BCUT2D eigenvalue weighted by atomic mass is 16.3. The third kappa shape index (κ3) is 3.43. The molecule has 0 atom stereocenters. The monoisotopic (exact) mass is 197 g/mol. The lowest BCUT2D eigenvalue weighted by Crippen LogP contribution is -2.39. The highest BCUT2D eigenvalue weighted by molar-refractivity contribution is 4.82. The maximum Gasteiger partial charge on any atom is 0.0558 e. The second-order valence-electron chi connectivity index (χ2n) is 4.42. The van der Waals surface area contributed by atoms with Crippen molar-refractivity contribution in [3.63, 3.8) is 0 Å². The van der Waals surface area contributed by atoms with Crippen molar-refractivity contribution in [1.82, 2.24) is 4.90 Å². The molecule has 2 heteroatoms. The van der Waals surface area contributed by atoms with E-state index in [0.717, 1.165) is 19.0 Å². The van der Waals surface area contributed by atoms with Crippen molar-refractivity contribution in [3.05, 3.63) is 12.7 Å². The molecule has 1 aliphatic rings. The zero-order chi connectivity index (χ0) is 10.4. The first-order valence-electron chi connectivity index (χ1n) is 5.73. The fraction of sp³-hybridized carbons (Fsp3) is 0.833. The normalized spacial score (nSPS) is 27.9. The Bertz CT molecular complexity index is 162. The Morgan fingerprint density at radius 1 is 1.36 bits per heavy atom. The van der Waals surface area contributed by atoms with Crippen molar-refractivity contribution >= 4 is 0 Å². The molecule has 82 valence electrons. The van der Waals surface area contributed by atoms with E-state index in [-0.39, 0.29) is 6.61 Å². The summed E-state index contributed by atoms with van der Waals surface area (Å²) in [6, 6.07) is 0.677. The van der Waals surface area contributed by atoms with E-state index in [4.69, 9.17) is 5.11 Å². The average molecular weight is 197 g/mol. The standard InChI is InChI=1S/C12H23NO/c1-3-8-13(9-10-14)12-6-4-11(2)5-7-12/h3,11-12,14H,1,4-10H2,2H3. The zero-order valence-electron chi connectivity index (χ0n) is 9.28. The van der Waals surface area contributed by atoms with Crippen molar-refractivity contribution in [2.24, 2.45) is 5.92 Å². The summed E-state index contributed by atoms with van der Waals surface area (Å²) in [6.45, 7) is 8.08. The van der Waals surface area contributed by atoms with Crippen LogP contribution in [0.4, 0.5) is 0 Å². The number of rotatable bonds is 5. The molecule has 0 bridgehead atoms. The van der Waals surface area contributed by atoms with Gasteiger partial charge in [-0.25, -0.2) is 0 Å². The molecule has 0 unspecified atom stereocenters. The van der Waals surface area contributed by atoms with Crippen LogP contribution >= 0.6 is 0 Å². The lowest BCUT2D eigenvalue weighted by atomic mass is 9.86. The van der Waals surface area contributed by atoms with E-state index < -0.39 is 0 Å².